The Morgan fingerprint density at radius 1 is 1.09 bits per heavy atom. The van der Waals surface area contributed by atoms with E-state index in [2.05, 4.69) is 68.0 Å². The SMILES string of the molecule is Cc1cccc(CN2C3CC2CN(Cc2cncc(Br)c2)C3)c1. The van der Waals surface area contributed by atoms with Crippen LogP contribution in [0.25, 0.3) is 0 Å². The van der Waals surface area contributed by atoms with E-state index in [0.29, 0.717) is 0 Å². The molecule has 2 aromatic rings. The van der Waals surface area contributed by atoms with Crippen LogP contribution < -0.4 is 0 Å². The average Bonchev–Trinajstić information content (AvgIpc) is 2.53. The molecule has 3 fully saturated rings. The Labute approximate surface area is 146 Å². The van der Waals surface area contributed by atoms with Crippen LogP contribution in [-0.2, 0) is 13.1 Å². The molecule has 4 heteroatoms. The highest BCUT2D eigenvalue weighted by molar-refractivity contribution is 9.10. The van der Waals surface area contributed by atoms with Gasteiger partial charge in [0, 0.05) is 55.1 Å². The summed E-state index contributed by atoms with van der Waals surface area (Å²) in [6, 6.07) is 12.5. The molecular formula is C19H22BrN3. The van der Waals surface area contributed by atoms with Gasteiger partial charge in [0.15, 0.2) is 0 Å². The molecule has 2 unspecified atom stereocenters. The molecule has 2 atom stereocenters. The smallest absolute Gasteiger partial charge is 0.0410 e. The number of hydrogen-bond acceptors (Lipinski definition) is 3. The van der Waals surface area contributed by atoms with Gasteiger partial charge in [0.1, 0.15) is 0 Å². The van der Waals surface area contributed by atoms with Crippen molar-refractivity contribution in [2.45, 2.75) is 38.5 Å². The number of piperazine rings is 1. The maximum Gasteiger partial charge on any atom is 0.0410 e. The second kappa shape index (κ2) is 6.34. The topological polar surface area (TPSA) is 19.4 Å². The Morgan fingerprint density at radius 2 is 1.91 bits per heavy atom. The number of aromatic nitrogens is 1. The lowest BCUT2D eigenvalue weighted by Crippen LogP contribution is -2.67. The van der Waals surface area contributed by atoms with Crippen molar-refractivity contribution in [3.8, 4) is 0 Å². The van der Waals surface area contributed by atoms with Gasteiger partial charge >= 0.3 is 0 Å². The summed E-state index contributed by atoms with van der Waals surface area (Å²) >= 11 is 3.51. The molecule has 0 aliphatic carbocycles. The number of aryl methyl sites for hydroxylation is 1. The number of hydrogen-bond donors (Lipinski definition) is 0. The number of piperidine rings is 1. The summed E-state index contributed by atoms with van der Waals surface area (Å²) in [7, 11) is 0. The quantitative estimate of drug-likeness (QED) is 0.818. The highest BCUT2D eigenvalue weighted by Crippen LogP contribution is 2.34. The van der Waals surface area contributed by atoms with Crippen molar-refractivity contribution < 1.29 is 0 Å². The van der Waals surface area contributed by atoms with Crippen molar-refractivity contribution in [1.82, 2.24) is 14.8 Å². The molecule has 0 spiro atoms. The second-order valence-electron chi connectivity index (χ2n) is 6.91. The van der Waals surface area contributed by atoms with Gasteiger partial charge < -0.3 is 0 Å². The second-order valence-corrected chi connectivity index (χ2v) is 7.83. The molecule has 5 rings (SSSR count). The summed E-state index contributed by atoms with van der Waals surface area (Å²) in [4.78, 5) is 9.54. The fraction of sp³-hybridized carbons (Fsp3) is 0.421. The number of pyridine rings is 1. The summed E-state index contributed by atoms with van der Waals surface area (Å²) < 4.78 is 1.07. The third-order valence-corrected chi connectivity index (χ3v) is 5.47. The normalized spacial score (nSPS) is 24.4. The van der Waals surface area contributed by atoms with E-state index in [-0.39, 0.29) is 0 Å². The van der Waals surface area contributed by atoms with Crippen LogP contribution in [-0.4, -0.2) is 40.0 Å². The monoisotopic (exact) mass is 371 g/mol. The zero-order chi connectivity index (χ0) is 15.8. The van der Waals surface area contributed by atoms with Crippen LogP contribution in [0.3, 0.4) is 0 Å². The van der Waals surface area contributed by atoms with Gasteiger partial charge in [-0.05, 0) is 46.5 Å². The standard InChI is InChI=1S/C19H22BrN3/c1-14-3-2-4-15(5-14)11-23-18-7-19(23)13-22(12-18)10-16-6-17(20)9-21-8-16/h2-6,8-9,18-19H,7,10-13H2,1H3. The molecular weight excluding hydrogens is 350 g/mol. The minimum Gasteiger partial charge on any atom is -0.296 e. The van der Waals surface area contributed by atoms with Crippen molar-refractivity contribution in [3.05, 3.63) is 63.9 Å². The molecule has 0 radical (unpaired) electrons. The molecule has 3 nitrogen and oxygen atoms in total. The van der Waals surface area contributed by atoms with Gasteiger partial charge in [0.25, 0.3) is 0 Å². The molecule has 2 bridgehead atoms. The molecule has 0 N–H and O–H groups in total. The molecule has 1 aromatic carbocycles. The maximum absolute atomic E-state index is 4.28. The Hall–Kier alpha value is -1.23. The van der Waals surface area contributed by atoms with E-state index >= 15 is 0 Å². The highest BCUT2D eigenvalue weighted by Gasteiger charge is 2.44. The van der Waals surface area contributed by atoms with Crippen LogP contribution in [0.15, 0.2) is 47.2 Å². The van der Waals surface area contributed by atoms with Crippen LogP contribution in [0, 0.1) is 6.92 Å². The predicted molar refractivity (Wildman–Crippen MR) is 96.1 cm³/mol. The Balaban J connectivity index is 1.37. The number of rotatable bonds is 4. The fourth-order valence-electron chi connectivity index (χ4n) is 3.98. The summed E-state index contributed by atoms with van der Waals surface area (Å²) in [6.45, 7) is 6.64. The zero-order valence-electron chi connectivity index (χ0n) is 13.5. The van der Waals surface area contributed by atoms with E-state index in [4.69, 9.17) is 0 Å². The minimum atomic E-state index is 0.717. The van der Waals surface area contributed by atoms with Crippen molar-refractivity contribution in [1.29, 1.82) is 0 Å². The molecule has 3 aliphatic heterocycles. The number of fused-ring (bicyclic) bond motifs is 2. The van der Waals surface area contributed by atoms with Crippen molar-refractivity contribution in [2.75, 3.05) is 13.1 Å². The van der Waals surface area contributed by atoms with Gasteiger partial charge in [0.2, 0.25) is 0 Å². The molecule has 1 aromatic heterocycles. The molecule has 23 heavy (non-hydrogen) atoms. The lowest BCUT2D eigenvalue weighted by Gasteiger charge is -2.56. The first-order valence-corrected chi connectivity index (χ1v) is 9.10. The van der Waals surface area contributed by atoms with Gasteiger partial charge in [-0.15, -0.1) is 0 Å². The molecule has 3 saturated heterocycles. The third-order valence-electron chi connectivity index (χ3n) is 5.04. The molecule has 4 heterocycles. The van der Waals surface area contributed by atoms with E-state index in [9.17, 15) is 0 Å². The number of benzene rings is 1. The third kappa shape index (κ3) is 3.35. The van der Waals surface area contributed by atoms with Crippen LogP contribution in [0.1, 0.15) is 23.1 Å². The lowest BCUT2D eigenvalue weighted by atomic mass is 9.86. The largest absolute Gasteiger partial charge is 0.296 e. The lowest BCUT2D eigenvalue weighted by molar-refractivity contribution is -0.0774. The van der Waals surface area contributed by atoms with Gasteiger partial charge in [-0.3, -0.25) is 14.8 Å². The zero-order valence-corrected chi connectivity index (χ0v) is 15.0. The molecule has 0 saturated carbocycles. The van der Waals surface area contributed by atoms with Gasteiger partial charge in [-0.1, -0.05) is 29.8 Å². The first kappa shape index (κ1) is 15.3. The summed E-state index contributed by atoms with van der Waals surface area (Å²) in [5, 5.41) is 0. The van der Waals surface area contributed by atoms with Crippen LogP contribution >= 0.6 is 15.9 Å². The average molecular weight is 372 g/mol. The minimum absolute atomic E-state index is 0.717. The first-order chi connectivity index (χ1) is 11.2. The maximum atomic E-state index is 4.28. The van der Waals surface area contributed by atoms with Crippen LogP contribution in [0.4, 0.5) is 0 Å². The van der Waals surface area contributed by atoms with E-state index in [0.717, 1.165) is 29.6 Å². The summed E-state index contributed by atoms with van der Waals surface area (Å²) in [5.41, 5.74) is 4.10. The van der Waals surface area contributed by atoms with Crippen molar-refractivity contribution in [2.24, 2.45) is 0 Å². The van der Waals surface area contributed by atoms with Gasteiger partial charge in [-0.25, -0.2) is 0 Å². The predicted octanol–water partition coefficient (Wildman–Crippen LogP) is 3.61. The van der Waals surface area contributed by atoms with E-state index < -0.39 is 0 Å². The Kier molecular flexibility index (Phi) is 4.22. The summed E-state index contributed by atoms with van der Waals surface area (Å²) in [5.74, 6) is 0. The molecule has 0 amide bonds. The van der Waals surface area contributed by atoms with Gasteiger partial charge in [-0.2, -0.15) is 0 Å². The number of halogens is 1. The highest BCUT2D eigenvalue weighted by atomic mass is 79.9. The summed E-state index contributed by atoms with van der Waals surface area (Å²) in [6.07, 6.45) is 5.19. The van der Waals surface area contributed by atoms with E-state index in [1.165, 1.54) is 36.2 Å². The molecule has 120 valence electrons. The molecule has 3 aliphatic rings. The Morgan fingerprint density at radius 3 is 2.65 bits per heavy atom. The number of nitrogens with zero attached hydrogens (tertiary/aromatic N) is 3. The van der Waals surface area contributed by atoms with Crippen LogP contribution in [0.2, 0.25) is 0 Å². The van der Waals surface area contributed by atoms with Gasteiger partial charge in [0.05, 0.1) is 0 Å². The van der Waals surface area contributed by atoms with E-state index in [1.807, 2.05) is 12.4 Å². The van der Waals surface area contributed by atoms with Crippen molar-refractivity contribution >= 4 is 15.9 Å². The van der Waals surface area contributed by atoms with E-state index in [1.54, 1.807) is 0 Å². The Bertz CT molecular complexity index is 691. The van der Waals surface area contributed by atoms with Crippen LogP contribution in [0.5, 0.6) is 0 Å². The van der Waals surface area contributed by atoms with Crippen molar-refractivity contribution in [3.63, 3.8) is 0 Å². The fourth-order valence-corrected chi connectivity index (χ4v) is 4.40. The first-order valence-electron chi connectivity index (χ1n) is 8.30.